The van der Waals surface area contributed by atoms with Crippen LogP contribution in [0.25, 0.3) is 0 Å². The van der Waals surface area contributed by atoms with E-state index in [1.807, 2.05) is 5.38 Å². The summed E-state index contributed by atoms with van der Waals surface area (Å²) in [6, 6.07) is 3.51. The molecule has 1 saturated heterocycles. The van der Waals surface area contributed by atoms with E-state index in [0.717, 1.165) is 19.3 Å². The van der Waals surface area contributed by atoms with Gasteiger partial charge in [0.05, 0.1) is 11.4 Å². The van der Waals surface area contributed by atoms with E-state index < -0.39 is 17.4 Å². The van der Waals surface area contributed by atoms with Crippen molar-refractivity contribution in [1.29, 1.82) is 0 Å². The Bertz CT molecular complexity index is 546. The molecule has 1 amide bonds. The lowest BCUT2D eigenvalue weighted by molar-refractivity contribution is -0.156. The highest BCUT2D eigenvalue weighted by Crippen LogP contribution is 2.46. The van der Waals surface area contributed by atoms with Gasteiger partial charge in [0.15, 0.2) is 17.1 Å². The largest absolute Gasteiger partial charge is 0.438 e. The predicted octanol–water partition coefficient (Wildman–Crippen LogP) is 2.79. The van der Waals surface area contributed by atoms with Gasteiger partial charge >= 0.3 is 6.09 Å². The van der Waals surface area contributed by atoms with E-state index in [9.17, 15) is 14.7 Å². The van der Waals surface area contributed by atoms with Crippen LogP contribution in [0.1, 0.15) is 48.7 Å². The maximum atomic E-state index is 12.2. The summed E-state index contributed by atoms with van der Waals surface area (Å²) in [6.45, 7) is 1.44. The highest BCUT2D eigenvalue weighted by Gasteiger charge is 2.62. The molecule has 1 aromatic heterocycles. The molecular weight excluding hydrogens is 290 g/mol. The molecule has 5 nitrogen and oxygen atoms in total. The van der Waals surface area contributed by atoms with Crippen LogP contribution < -0.4 is 0 Å². The van der Waals surface area contributed by atoms with Crippen molar-refractivity contribution in [3.8, 4) is 0 Å². The number of ketones is 1. The van der Waals surface area contributed by atoms with Crippen LogP contribution in [-0.2, 0) is 4.74 Å². The van der Waals surface area contributed by atoms with E-state index in [4.69, 9.17) is 4.74 Å². The summed E-state index contributed by atoms with van der Waals surface area (Å²) in [5, 5.41) is 12.7. The van der Waals surface area contributed by atoms with E-state index in [1.54, 1.807) is 19.1 Å². The van der Waals surface area contributed by atoms with Gasteiger partial charge in [-0.2, -0.15) is 0 Å². The van der Waals surface area contributed by atoms with E-state index in [2.05, 4.69) is 0 Å². The van der Waals surface area contributed by atoms with Crippen molar-refractivity contribution in [2.75, 3.05) is 6.54 Å². The van der Waals surface area contributed by atoms with Crippen molar-refractivity contribution in [1.82, 2.24) is 4.90 Å². The lowest BCUT2D eigenvalue weighted by Gasteiger charge is -2.41. The third-order valence-electron chi connectivity index (χ3n) is 4.65. The van der Waals surface area contributed by atoms with Gasteiger partial charge in [0, 0.05) is 0 Å². The number of amides is 1. The first-order chi connectivity index (χ1) is 9.96. The summed E-state index contributed by atoms with van der Waals surface area (Å²) in [5.74, 6) is -0.171. The van der Waals surface area contributed by atoms with Gasteiger partial charge in [0.1, 0.15) is 0 Å². The Hall–Kier alpha value is -1.40. The summed E-state index contributed by atoms with van der Waals surface area (Å²) in [5.41, 5.74) is -2.30. The first kappa shape index (κ1) is 14.5. The molecule has 2 fully saturated rings. The molecule has 1 spiro atoms. The number of hydrogen-bond acceptors (Lipinski definition) is 5. The predicted molar refractivity (Wildman–Crippen MR) is 78.3 cm³/mol. The minimum Gasteiger partial charge on any atom is -0.438 e. The van der Waals surface area contributed by atoms with Crippen molar-refractivity contribution < 1.29 is 19.4 Å². The number of carbonyl (C=O) groups excluding carboxylic acids is 2. The fourth-order valence-corrected chi connectivity index (χ4v) is 3.98. The Morgan fingerprint density at radius 3 is 2.76 bits per heavy atom. The Balaban J connectivity index is 1.82. The molecule has 114 valence electrons. The summed E-state index contributed by atoms with van der Waals surface area (Å²) in [6.07, 6.45) is 3.65. The molecule has 0 bridgehead atoms. The number of hydrogen-bond donors (Lipinski definition) is 1. The Morgan fingerprint density at radius 2 is 2.14 bits per heavy atom. The second-order valence-electron chi connectivity index (χ2n) is 5.93. The number of carbonyl (C=O) groups is 2. The van der Waals surface area contributed by atoms with Crippen LogP contribution in [0.15, 0.2) is 17.5 Å². The second kappa shape index (κ2) is 5.10. The fourth-order valence-electron chi connectivity index (χ4n) is 3.32. The molecule has 2 aliphatic rings. The van der Waals surface area contributed by atoms with Crippen molar-refractivity contribution >= 4 is 23.2 Å². The zero-order chi connectivity index (χ0) is 15.1. The number of nitrogens with zero attached hydrogens (tertiary/aromatic N) is 1. The van der Waals surface area contributed by atoms with Gasteiger partial charge in [-0.25, -0.2) is 4.79 Å². The molecule has 1 N–H and O–H groups in total. The molecule has 1 atom stereocenters. The van der Waals surface area contributed by atoms with Gasteiger partial charge in [0.25, 0.3) is 0 Å². The Kier molecular flexibility index (Phi) is 3.53. The van der Waals surface area contributed by atoms with E-state index >= 15 is 0 Å². The maximum absolute atomic E-state index is 12.2. The highest BCUT2D eigenvalue weighted by molar-refractivity contribution is 7.12. The fraction of sp³-hybridized carbons (Fsp3) is 0.600. The first-order valence-electron chi connectivity index (χ1n) is 7.26. The third kappa shape index (κ3) is 2.26. The Morgan fingerprint density at radius 1 is 1.43 bits per heavy atom. The number of Topliss-reactive ketones (excluding diaryl/α,β-unsaturated/α-hetero) is 1. The zero-order valence-corrected chi connectivity index (χ0v) is 12.8. The molecule has 1 aliphatic carbocycles. The Labute approximate surface area is 127 Å². The van der Waals surface area contributed by atoms with Crippen molar-refractivity contribution in [2.45, 2.75) is 50.4 Å². The molecule has 0 aromatic carbocycles. The van der Waals surface area contributed by atoms with Crippen LogP contribution in [0.4, 0.5) is 4.79 Å². The van der Waals surface area contributed by atoms with Gasteiger partial charge in [-0.3, -0.25) is 9.69 Å². The summed E-state index contributed by atoms with van der Waals surface area (Å²) in [7, 11) is 0. The first-order valence-corrected chi connectivity index (χ1v) is 8.14. The van der Waals surface area contributed by atoms with Crippen LogP contribution in [0.3, 0.4) is 0 Å². The molecule has 1 aliphatic heterocycles. The number of rotatable bonds is 3. The molecule has 0 radical (unpaired) electrons. The maximum Gasteiger partial charge on any atom is 0.413 e. The van der Waals surface area contributed by atoms with Gasteiger partial charge in [-0.1, -0.05) is 12.5 Å². The topological polar surface area (TPSA) is 66.8 Å². The molecule has 2 heterocycles. The molecule has 21 heavy (non-hydrogen) atoms. The second-order valence-corrected chi connectivity index (χ2v) is 6.88. The molecule has 3 rings (SSSR count). The van der Waals surface area contributed by atoms with Gasteiger partial charge in [-0.15, -0.1) is 11.3 Å². The monoisotopic (exact) mass is 309 g/mol. The van der Waals surface area contributed by atoms with Gasteiger partial charge < -0.3 is 9.84 Å². The SMILES string of the molecule is CC1(O)N(CC(=O)c2cccs2)C(=O)OC12CCCCC2. The van der Waals surface area contributed by atoms with E-state index in [-0.39, 0.29) is 12.3 Å². The minimum atomic E-state index is -1.43. The summed E-state index contributed by atoms with van der Waals surface area (Å²) < 4.78 is 5.52. The molecular formula is C15H19NO4S. The lowest BCUT2D eigenvalue weighted by Crippen LogP contribution is -2.58. The van der Waals surface area contributed by atoms with Crippen molar-refractivity contribution in [2.24, 2.45) is 0 Å². The highest BCUT2D eigenvalue weighted by atomic mass is 32.1. The molecule has 1 aromatic rings. The van der Waals surface area contributed by atoms with Crippen LogP contribution in [0.5, 0.6) is 0 Å². The third-order valence-corrected chi connectivity index (χ3v) is 5.56. The lowest BCUT2D eigenvalue weighted by atomic mass is 9.77. The van der Waals surface area contributed by atoms with E-state index in [0.29, 0.717) is 17.7 Å². The van der Waals surface area contributed by atoms with E-state index in [1.165, 1.54) is 16.2 Å². The normalized spacial score (nSPS) is 27.9. The standard InChI is InChI=1S/C15H19NO4S/c1-14(19)15(7-3-2-4-8-15)20-13(18)16(14)10-11(17)12-6-5-9-21-12/h5-6,9,19H,2-4,7-8,10H2,1H3. The molecule has 1 saturated carbocycles. The smallest absolute Gasteiger partial charge is 0.413 e. The number of thiophene rings is 1. The zero-order valence-electron chi connectivity index (χ0n) is 12.0. The van der Waals surface area contributed by atoms with Crippen LogP contribution >= 0.6 is 11.3 Å². The molecule has 1 unspecified atom stereocenters. The quantitative estimate of drug-likeness (QED) is 0.872. The average Bonchev–Trinajstić information content (AvgIpc) is 3.03. The average molecular weight is 309 g/mol. The van der Waals surface area contributed by atoms with Crippen LogP contribution in [0.2, 0.25) is 0 Å². The van der Waals surface area contributed by atoms with Crippen LogP contribution in [-0.4, -0.2) is 39.8 Å². The van der Waals surface area contributed by atoms with Crippen molar-refractivity contribution in [3.63, 3.8) is 0 Å². The molecule has 6 heteroatoms. The van der Waals surface area contributed by atoms with Gasteiger partial charge in [0.2, 0.25) is 0 Å². The van der Waals surface area contributed by atoms with Gasteiger partial charge in [-0.05, 0) is 44.1 Å². The summed E-state index contributed by atoms with van der Waals surface area (Å²) in [4.78, 5) is 26.1. The van der Waals surface area contributed by atoms with Crippen LogP contribution in [0, 0.1) is 0 Å². The summed E-state index contributed by atoms with van der Waals surface area (Å²) >= 11 is 1.33. The van der Waals surface area contributed by atoms with Crippen molar-refractivity contribution in [3.05, 3.63) is 22.4 Å². The number of ether oxygens (including phenoxy) is 1. The minimum absolute atomic E-state index is 0.145. The number of aliphatic hydroxyl groups is 1.